The molecule has 1 N–H and O–H groups in total. The van der Waals surface area contributed by atoms with Crippen molar-refractivity contribution in [3.8, 4) is 0 Å². The van der Waals surface area contributed by atoms with Crippen LogP contribution in [0, 0.1) is 5.92 Å². The zero-order valence-electron chi connectivity index (χ0n) is 12.3. The van der Waals surface area contributed by atoms with Crippen molar-refractivity contribution in [2.75, 3.05) is 31.8 Å². The normalized spacial score (nSPS) is 13.4. The number of alkyl halides is 1. The molecule has 0 aliphatic carbocycles. The number of benzene rings is 1. The molecule has 0 aromatic heterocycles. The van der Waals surface area contributed by atoms with Gasteiger partial charge in [-0.15, -0.1) is 11.6 Å². The van der Waals surface area contributed by atoms with Crippen molar-refractivity contribution < 1.29 is 8.42 Å². The molecular weight excluding hydrogens is 296 g/mol. The van der Waals surface area contributed by atoms with Crippen molar-refractivity contribution in [3.05, 3.63) is 24.3 Å². The first kappa shape index (κ1) is 17.3. The molecule has 0 saturated heterocycles. The second-order valence-electron chi connectivity index (χ2n) is 4.94. The van der Waals surface area contributed by atoms with Crippen LogP contribution in [0.4, 0.5) is 5.69 Å². The smallest absolute Gasteiger partial charge is 0.242 e. The number of hydrogen-bond acceptors (Lipinski definition) is 3. The summed E-state index contributed by atoms with van der Waals surface area (Å²) in [5.74, 6) is 1.21. The van der Waals surface area contributed by atoms with E-state index < -0.39 is 10.0 Å². The van der Waals surface area contributed by atoms with Crippen LogP contribution < -0.4 is 5.32 Å². The summed E-state index contributed by atoms with van der Waals surface area (Å²) in [5, 5.41) is 3.32. The molecule has 0 spiro atoms. The summed E-state index contributed by atoms with van der Waals surface area (Å²) in [6, 6.07) is 6.84. The van der Waals surface area contributed by atoms with Crippen LogP contribution in [0.5, 0.6) is 0 Å². The van der Waals surface area contributed by atoms with Gasteiger partial charge in [0.05, 0.1) is 4.90 Å². The Kier molecular flexibility index (Phi) is 6.79. The Morgan fingerprint density at radius 2 is 1.85 bits per heavy atom. The van der Waals surface area contributed by atoms with Crippen LogP contribution in [-0.2, 0) is 10.0 Å². The molecule has 4 nitrogen and oxygen atoms in total. The number of anilines is 1. The summed E-state index contributed by atoms with van der Waals surface area (Å²) in [6.07, 6.45) is 2.06. The highest BCUT2D eigenvalue weighted by molar-refractivity contribution is 7.89. The molecule has 0 aliphatic heterocycles. The van der Waals surface area contributed by atoms with Crippen molar-refractivity contribution in [1.29, 1.82) is 0 Å². The summed E-state index contributed by atoms with van der Waals surface area (Å²) in [6.45, 7) is 2.99. The minimum absolute atomic E-state index is 0.306. The van der Waals surface area contributed by atoms with Gasteiger partial charge in [0.1, 0.15) is 0 Å². The summed E-state index contributed by atoms with van der Waals surface area (Å²) < 4.78 is 25.1. The van der Waals surface area contributed by atoms with Gasteiger partial charge in [-0.3, -0.25) is 0 Å². The van der Waals surface area contributed by atoms with E-state index in [1.54, 1.807) is 24.3 Å². The van der Waals surface area contributed by atoms with Crippen molar-refractivity contribution in [3.63, 3.8) is 0 Å². The molecular formula is C14H23ClN2O2S. The molecule has 1 atom stereocenters. The third kappa shape index (κ3) is 4.65. The van der Waals surface area contributed by atoms with E-state index in [1.807, 2.05) is 0 Å². The first-order valence-corrected chi connectivity index (χ1v) is 8.71. The molecule has 0 aliphatic rings. The van der Waals surface area contributed by atoms with Gasteiger partial charge in [0, 0.05) is 32.2 Å². The van der Waals surface area contributed by atoms with Gasteiger partial charge >= 0.3 is 0 Å². The second kappa shape index (κ2) is 7.86. The van der Waals surface area contributed by atoms with E-state index in [-0.39, 0.29) is 0 Å². The van der Waals surface area contributed by atoms with Crippen LogP contribution in [-0.4, -0.2) is 39.2 Å². The molecule has 114 valence electrons. The maximum absolute atomic E-state index is 11.9. The number of hydrogen-bond donors (Lipinski definition) is 1. The molecule has 0 bridgehead atoms. The molecule has 0 amide bonds. The number of nitrogens with one attached hydrogen (secondary N) is 1. The van der Waals surface area contributed by atoms with E-state index in [0.717, 1.165) is 25.1 Å². The van der Waals surface area contributed by atoms with Gasteiger partial charge in [0.15, 0.2) is 0 Å². The molecule has 1 rings (SSSR count). The van der Waals surface area contributed by atoms with Crippen LogP contribution in [0.25, 0.3) is 0 Å². The summed E-state index contributed by atoms with van der Waals surface area (Å²) in [4.78, 5) is 0.306. The first-order chi connectivity index (χ1) is 9.41. The van der Waals surface area contributed by atoms with Crippen LogP contribution in [0.3, 0.4) is 0 Å². The quantitative estimate of drug-likeness (QED) is 0.750. The fourth-order valence-corrected chi connectivity index (χ4v) is 3.03. The Balaban J connectivity index is 2.68. The fourth-order valence-electron chi connectivity index (χ4n) is 1.82. The molecule has 0 radical (unpaired) electrons. The second-order valence-corrected chi connectivity index (χ2v) is 7.47. The SMILES string of the molecule is CCC(CCCl)CNc1ccc(S(=O)(=O)N(C)C)cc1. The van der Waals surface area contributed by atoms with Crippen molar-refractivity contribution in [2.24, 2.45) is 5.92 Å². The van der Waals surface area contributed by atoms with E-state index >= 15 is 0 Å². The van der Waals surface area contributed by atoms with Gasteiger partial charge in [-0.05, 0) is 36.6 Å². The lowest BCUT2D eigenvalue weighted by Gasteiger charge is -2.16. The maximum atomic E-state index is 11.9. The van der Waals surface area contributed by atoms with Crippen molar-refractivity contribution in [2.45, 2.75) is 24.7 Å². The highest BCUT2D eigenvalue weighted by atomic mass is 35.5. The van der Waals surface area contributed by atoms with Gasteiger partial charge in [0.2, 0.25) is 10.0 Å². The molecule has 0 heterocycles. The average molecular weight is 319 g/mol. The van der Waals surface area contributed by atoms with Crippen LogP contribution in [0.1, 0.15) is 19.8 Å². The average Bonchev–Trinajstić information content (AvgIpc) is 2.43. The predicted octanol–water partition coefficient (Wildman–Crippen LogP) is 3.00. The highest BCUT2D eigenvalue weighted by Gasteiger charge is 2.16. The van der Waals surface area contributed by atoms with Gasteiger partial charge in [-0.25, -0.2) is 12.7 Å². The molecule has 1 unspecified atom stereocenters. The Morgan fingerprint density at radius 3 is 2.30 bits per heavy atom. The minimum Gasteiger partial charge on any atom is -0.385 e. The molecule has 1 aromatic carbocycles. The molecule has 0 saturated carbocycles. The minimum atomic E-state index is -3.35. The van der Waals surface area contributed by atoms with Crippen molar-refractivity contribution in [1.82, 2.24) is 4.31 Å². The topological polar surface area (TPSA) is 49.4 Å². The zero-order chi connectivity index (χ0) is 15.2. The van der Waals surface area contributed by atoms with Gasteiger partial charge in [-0.2, -0.15) is 0 Å². The molecule has 1 aromatic rings. The third-order valence-electron chi connectivity index (χ3n) is 3.32. The Hall–Kier alpha value is -0.780. The van der Waals surface area contributed by atoms with Crippen molar-refractivity contribution >= 4 is 27.3 Å². The lowest BCUT2D eigenvalue weighted by molar-refractivity contribution is 0.520. The van der Waals surface area contributed by atoms with E-state index in [9.17, 15) is 8.42 Å². The van der Waals surface area contributed by atoms with E-state index in [0.29, 0.717) is 16.7 Å². The van der Waals surface area contributed by atoms with Gasteiger partial charge in [-0.1, -0.05) is 13.3 Å². The monoisotopic (exact) mass is 318 g/mol. The van der Waals surface area contributed by atoms with Gasteiger partial charge < -0.3 is 5.32 Å². The maximum Gasteiger partial charge on any atom is 0.242 e. The highest BCUT2D eigenvalue weighted by Crippen LogP contribution is 2.17. The largest absolute Gasteiger partial charge is 0.385 e. The van der Waals surface area contributed by atoms with Crippen LogP contribution in [0.2, 0.25) is 0 Å². The number of halogens is 1. The predicted molar refractivity (Wildman–Crippen MR) is 84.9 cm³/mol. The lowest BCUT2D eigenvalue weighted by Crippen LogP contribution is -2.22. The van der Waals surface area contributed by atoms with E-state index in [1.165, 1.54) is 18.4 Å². The van der Waals surface area contributed by atoms with Gasteiger partial charge in [0.25, 0.3) is 0 Å². The third-order valence-corrected chi connectivity index (χ3v) is 5.37. The van der Waals surface area contributed by atoms with E-state index in [2.05, 4.69) is 12.2 Å². The Labute approximate surface area is 127 Å². The molecule has 6 heteroatoms. The summed E-state index contributed by atoms with van der Waals surface area (Å²) >= 11 is 5.76. The standard InChI is InChI=1S/C14H23ClN2O2S/c1-4-12(9-10-15)11-16-13-5-7-14(8-6-13)20(18,19)17(2)3/h5-8,12,16H,4,9-11H2,1-3H3. The molecule has 0 fully saturated rings. The Morgan fingerprint density at radius 1 is 1.25 bits per heavy atom. The van der Waals surface area contributed by atoms with Crippen LogP contribution in [0.15, 0.2) is 29.2 Å². The summed E-state index contributed by atoms with van der Waals surface area (Å²) in [5.41, 5.74) is 0.927. The number of nitrogens with zero attached hydrogens (tertiary/aromatic N) is 1. The summed E-state index contributed by atoms with van der Waals surface area (Å²) in [7, 11) is -0.296. The van der Waals surface area contributed by atoms with E-state index in [4.69, 9.17) is 11.6 Å². The van der Waals surface area contributed by atoms with Crippen LogP contribution >= 0.6 is 11.6 Å². The molecule has 20 heavy (non-hydrogen) atoms. The fraction of sp³-hybridized carbons (Fsp3) is 0.571. The zero-order valence-corrected chi connectivity index (χ0v) is 13.8. The Bertz CT molecular complexity index is 500. The first-order valence-electron chi connectivity index (χ1n) is 6.74. The lowest BCUT2D eigenvalue weighted by atomic mass is 10.0. The number of rotatable bonds is 8. The number of sulfonamides is 1.